The molecule has 0 saturated carbocycles. The number of anilines is 2. The molecule has 0 saturated heterocycles. The van der Waals surface area contributed by atoms with Crippen molar-refractivity contribution in [3.8, 4) is 28.7 Å². The van der Waals surface area contributed by atoms with Crippen molar-refractivity contribution in [1.82, 2.24) is 25.8 Å². The van der Waals surface area contributed by atoms with Gasteiger partial charge in [0.2, 0.25) is 23.2 Å². The second-order valence-electron chi connectivity index (χ2n) is 25.7. The summed E-state index contributed by atoms with van der Waals surface area (Å²) in [4.78, 5) is 124. The Hall–Kier alpha value is -9.70. The Morgan fingerprint density at radius 1 is 0.857 bits per heavy atom. The Bertz CT molecular complexity index is 3980. The van der Waals surface area contributed by atoms with E-state index in [0.29, 0.717) is 30.5 Å². The van der Waals surface area contributed by atoms with Gasteiger partial charge in [0.05, 0.1) is 30.0 Å². The lowest BCUT2D eigenvalue weighted by molar-refractivity contribution is -0.181. The van der Waals surface area contributed by atoms with Crippen molar-refractivity contribution < 1.29 is 86.9 Å². The number of unbranched alkanes of at least 4 members (excludes halogenated alkanes) is 2. The van der Waals surface area contributed by atoms with E-state index < -0.39 is 130 Å². The van der Waals surface area contributed by atoms with E-state index in [4.69, 9.17) is 38.8 Å². The van der Waals surface area contributed by atoms with E-state index in [0.717, 1.165) is 4.90 Å². The van der Waals surface area contributed by atoms with Crippen LogP contribution in [0.2, 0.25) is 0 Å². The molecule has 11 N–H and O–H groups in total. The molecule has 98 heavy (non-hydrogen) atoms. The number of aromatic nitrogens is 1. The molecule has 0 fully saturated rings. The molecule has 1 unspecified atom stereocenters. The number of carbonyl (C=O) groups is 8. The molecule has 1 aliphatic carbocycles. The minimum atomic E-state index is -1.97. The van der Waals surface area contributed by atoms with Gasteiger partial charge >= 0.3 is 12.0 Å². The summed E-state index contributed by atoms with van der Waals surface area (Å²) in [5.74, 6) is -9.51. The van der Waals surface area contributed by atoms with Crippen LogP contribution in [0.5, 0.6) is 17.2 Å². The number of rotatable bonds is 21. The number of amides is 8. The number of aromatic hydroxyl groups is 1. The highest BCUT2D eigenvalue weighted by Crippen LogP contribution is 2.55. The molecule has 0 radical (unpaired) electrons. The Labute approximate surface area is 566 Å². The first-order valence-electron chi connectivity index (χ1n) is 32.7. The smallest absolute Gasteiger partial charge is 0.312 e. The molecule has 27 heteroatoms. The van der Waals surface area contributed by atoms with Crippen LogP contribution in [-0.4, -0.2) is 140 Å². The van der Waals surface area contributed by atoms with Crippen molar-refractivity contribution in [2.45, 2.75) is 163 Å². The number of para-hydroxylation sites is 1. The van der Waals surface area contributed by atoms with Crippen molar-refractivity contribution in [1.29, 1.82) is 0 Å². The number of hydrogen-bond donors (Lipinski definition) is 10. The molecule has 4 heterocycles. The molecule has 3 aromatic carbocycles. The lowest BCUT2D eigenvalue weighted by atomic mass is 9.78. The molecule has 3 aromatic rings. The van der Waals surface area contributed by atoms with Crippen LogP contribution in [-0.2, 0) is 54.4 Å². The largest absolute Gasteiger partial charge is 0.507 e. The zero-order valence-corrected chi connectivity index (χ0v) is 56.8. The number of phenolic OH excluding ortho intramolecular Hbond substituents is 1. The van der Waals surface area contributed by atoms with Gasteiger partial charge in [-0.25, -0.2) is 9.78 Å². The lowest BCUT2D eigenvalue weighted by Crippen LogP contribution is -2.54. The number of carbonyl (C=O) groups excluding carboxylic acids is 8. The van der Waals surface area contributed by atoms with E-state index in [1.54, 1.807) is 96.2 Å². The summed E-state index contributed by atoms with van der Waals surface area (Å²) in [6, 6.07) is 8.46. The number of hydrogen-bond acceptors (Lipinski definition) is 20. The molecular weight excluding hydrogens is 1270 g/mol. The number of nitrogens with zero attached hydrogens (tertiary/aromatic N) is 2. The summed E-state index contributed by atoms with van der Waals surface area (Å²) >= 11 is 0. The van der Waals surface area contributed by atoms with Gasteiger partial charge < -0.3 is 80.8 Å². The normalized spacial score (nSPS) is 24.7. The molecule has 8 rings (SSSR count). The van der Waals surface area contributed by atoms with E-state index in [1.165, 1.54) is 65.4 Å². The van der Waals surface area contributed by atoms with Gasteiger partial charge in [-0.15, -0.1) is 0 Å². The Kier molecular flexibility index (Phi) is 24.3. The number of methoxy groups -OCH3 is 1. The number of urea groups is 1. The Balaban J connectivity index is 1.08. The number of allylic oxidation sites excluding steroid dienone is 2. The number of phenols is 1. The third kappa shape index (κ3) is 16.8. The van der Waals surface area contributed by atoms with E-state index in [1.807, 2.05) is 0 Å². The highest BCUT2D eigenvalue weighted by molar-refractivity contribution is 6.13. The fourth-order valence-corrected chi connectivity index (χ4v) is 12.4. The predicted octanol–water partition coefficient (Wildman–Crippen LogP) is 6.88. The Morgan fingerprint density at radius 3 is 2.22 bits per heavy atom. The number of primary amides is 1. The van der Waals surface area contributed by atoms with Crippen LogP contribution in [0, 0.1) is 36.5 Å². The third-order valence-corrected chi connectivity index (χ3v) is 18.2. The highest BCUT2D eigenvalue weighted by atomic mass is 16.7. The van der Waals surface area contributed by atoms with Gasteiger partial charge in [0.1, 0.15) is 58.9 Å². The number of benzene rings is 4. The van der Waals surface area contributed by atoms with Crippen LogP contribution >= 0.6 is 0 Å². The monoisotopic (exact) mass is 1360 g/mol. The molecule has 0 spiro atoms. The minimum Gasteiger partial charge on any atom is -0.507 e. The molecule has 27 nitrogen and oxygen atoms in total. The van der Waals surface area contributed by atoms with Gasteiger partial charge in [0, 0.05) is 104 Å². The van der Waals surface area contributed by atoms with E-state index in [9.17, 15) is 58.8 Å². The number of aliphatic hydroxyl groups excluding tert-OH is 3. The SMILES string of the molecule is CO[C@H]1/C=C/O[C@@]2(C)Oc3c(C)c(O)c4c(=O)c(c5oc6cccc(OCc7ccc(NC(=O)[C@H](CCCNC(N)=O)NC(=O)[C@@H](NC(=O)CCCCCN8C(=O)C=CC8=O)C(C)C)cc7)c6nc-5c4c3C2O)NC(=O)/C(C)=C\C=C\[C@H](C)[C@H](O)[C@@H](C)[C@@H](O)[C@@H](C)[C@H](OC(C)=O)[C@@H]1C. The molecular formula is C71H88N8O19. The van der Waals surface area contributed by atoms with Gasteiger partial charge in [0.15, 0.2) is 17.4 Å². The van der Waals surface area contributed by atoms with Crippen LogP contribution < -0.4 is 47.2 Å². The van der Waals surface area contributed by atoms with Gasteiger partial charge in [-0.3, -0.25) is 43.3 Å². The first kappa shape index (κ1) is 74.1. The maximum atomic E-state index is 15.1. The molecule has 0 aromatic heterocycles. The molecule has 4 bridgehead atoms. The molecule has 5 aliphatic rings. The van der Waals surface area contributed by atoms with Gasteiger partial charge in [-0.2, -0.15) is 0 Å². The maximum absolute atomic E-state index is 15.1. The average Bonchev–Trinajstić information content (AvgIpc) is 1.39. The van der Waals surface area contributed by atoms with Gasteiger partial charge in [0.25, 0.3) is 23.5 Å². The fourth-order valence-electron chi connectivity index (χ4n) is 12.4. The van der Waals surface area contributed by atoms with E-state index in [-0.39, 0.29) is 112 Å². The average molecular weight is 1360 g/mol. The lowest BCUT2D eigenvalue weighted by Gasteiger charge is -2.38. The zero-order chi connectivity index (χ0) is 71.6. The summed E-state index contributed by atoms with van der Waals surface area (Å²) in [5.41, 5.74) is 5.12. The first-order chi connectivity index (χ1) is 46.5. The number of nitrogens with one attached hydrogen (secondary N) is 5. The van der Waals surface area contributed by atoms with Crippen LogP contribution in [0.25, 0.3) is 33.3 Å². The highest BCUT2D eigenvalue weighted by Gasteiger charge is 2.50. The first-order valence-corrected chi connectivity index (χ1v) is 32.7. The van der Waals surface area contributed by atoms with E-state index in [2.05, 4.69) is 26.6 Å². The maximum Gasteiger partial charge on any atom is 0.312 e. The number of nitrogens with two attached hydrogens (primary N) is 1. The predicted molar refractivity (Wildman–Crippen MR) is 361 cm³/mol. The molecule has 8 amide bonds. The second kappa shape index (κ2) is 32.1. The third-order valence-electron chi connectivity index (χ3n) is 18.2. The standard InChI is InChI=1S/C71H88N8O19/c1-35(2)55(76-49(81)23-13-12-14-32-79-50(82)28-29-51(79)83)69(91)75-45(20-17-31-73-70(72)92)68(90)74-44-26-24-43(25-27-44)34-94-47-21-16-22-48-56(47)77-57-52-53-61(86)41(8)64-54(52)66(88)71(10,98-64)95-33-30-46(93-11)38(5)63(96-42(9)80)40(7)60(85)39(6)59(84)36(3)18-15-19-37(4)67(89)78-58(62(53)87)65(57)97-48/h15-16,18-19,21-22,24-30,33,35-36,38-40,45-46,55,59-60,63,66,84-86,88H,12-14,17,20,23,31-32,34H2,1-11H3,(H,74,90)(H,75,91)(H,76,81)(H,78,89)(H3,72,73,92)/b18-15+,33-30+,37-19-/t36-,38+,39+,40+,45-,46-,55-,59-,60+,63+,66?,71-/m0/s1. The number of fused-ring (bicyclic) bond motifs is 2. The summed E-state index contributed by atoms with van der Waals surface area (Å²) in [6.07, 6.45) is 5.86. The Morgan fingerprint density at radius 2 is 1.56 bits per heavy atom. The van der Waals surface area contributed by atoms with Crippen LogP contribution in [0.4, 0.5) is 16.2 Å². The quantitative estimate of drug-likeness (QED) is 0.0118. The van der Waals surface area contributed by atoms with E-state index >= 15 is 4.79 Å². The number of esters is 1. The summed E-state index contributed by atoms with van der Waals surface area (Å²) in [6.45, 7) is 16.2. The van der Waals surface area contributed by atoms with Crippen LogP contribution in [0.15, 0.2) is 100.0 Å². The van der Waals surface area contributed by atoms with Gasteiger partial charge in [-0.05, 0) is 81.4 Å². The topological polar surface area (TPSA) is 396 Å². The molecule has 4 aliphatic heterocycles. The molecule has 12 atom stereocenters. The number of ether oxygens (including phenoxy) is 5. The van der Waals surface area contributed by atoms with Crippen LogP contribution in [0.1, 0.15) is 124 Å². The molecule has 526 valence electrons. The summed E-state index contributed by atoms with van der Waals surface area (Å²) in [7, 11) is 1.43. The number of aliphatic hydroxyl groups is 3. The van der Waals surface area contributed by atoms with Crippen molar-refractivity contribution in [3.05, 3.63) is 118 Å². The van der Waals surface area contributed by atoms with Gasteiger partial charge in [-0.1, -0.05) is 84.4 Å². The minimum absolute atomic E-state index is 0.0146. The summed E-state index contributed by atoms with van der Waals surface area (Å²) in [5, 5.41) is 61.0. The second-order valence-corrected chi connectivity index (χ2v) is 25.7. The summed E-state index contributed by atoms with van der Waals surface area (Å²) < 4.78 is 37.3. The zero-order valence-electron chi connectivity index (χ0n) is 56.8. The van der Waals surface area contributed by atoms with Crippen molar-refractivity contribution >= 4 is 80.7 Å². The van der Waals surface area contributed by atoms with Crippen molar-refractivity contribution in [3.63, 3.8) is 0 Å². The van der Waals surface area contributed by atoms with Crippen molar-refractivity contribution in [2.24, 2.45) is 35.3 Å². The fraction of sp³-hybridized carbons (Fsp3) is 0.465. The van der Waals surface area contributed by atoms with Crippen LogP contribution in [0.3, 0.4) is 0 Å². The van der Waals surface area contributed by atoms with Crippen molar-refractivity contribution in [2.75, 3.05) is 30.8 Å². The number of imide groups is 1.